The lowest BCUT2D eigenvalue weighted by molar-refractivity contribution is -0.117. The molecular weight excluding hydrogens is 416 g/mol. The van der Waals surface area contributed by atoms with Crippen LogP contribution in [0.5, 0.6) is 0 Å². The number of carbonyl (C=O) groups excluding carboxylic acids is 1. The molecular formula is C23H23F2N5O2. The minimum Gasteiger partial charge on any atom is -0.378 e. The molecule has 4 heterocycles. The number of rotatable bonds is 4. The van der Waals surface area contributed by atoms with Gasteiger partial charge in [-0.1, -0.05) is 0 Å². The van der Waals surface area contributed by atoms with Gasteiger partial charge in [-0.15, -0.1) is 0 Å². The van der Waals surface area contributed by atoms with Crippen LogP contribution in [0.1, 0.15) is 18.4 Å². The van der Waals surface area contributed by atoms with Crippen molar-refractivity contribution in [3.05, 3.63) is 47.8 Å². The Morgan fingerprint density at radius 2 is 1.91 bits per heavy atom. The van der Waals surface area contributed by atoms with Gasteiger partial charge in [-0.25, -0.2) is 13.8 Å². The predicted molar refractivity (Wildman–Crippen MR) is 119 cm³/mol. The van der Waals surface area contributed by atoms with Crippen LogP contribution in [-0.4, -0.2) is 48.7 Å². The van der Waals surface area contributed by atoms with E-state index in [4.69, 9.17) is 4.74 Å². The lowest BCUT2D eigenvalue weighted by Gasteiger charge is -2.29. The van der Waals surface area contributed by atoms with Crippen molar-refractivity contribution in [2.75, 3.05) is 48.0 Å². The Morgan fingerprint density at radius 1 is 1.09 bits per heavy atom. The van der Waals surface area contributed by atoms with Gasteiger partial charge in [-0.2, -0.15) is 0 Å². The first-order chi connectivity index (χ1) is 15.5. The summed E-state index contributed by atoms with van der Waals surface area (Å²) in [6.45, 7) is 5.14. The fourth-order valence-corrected chi connectivity index (χ4v) is 4.32. The zero-order valence-electron chi connectivity index (χ0n) is 17.7. The molecule has 2 saturated heterocycles. The van der Waals surface area contributed by atoms with Gasteiger partial charge in [0.05, 0.1) is 53.6 Å². The van der Waals surface area contributed by atoms with Crippen molar-refractivity contribution in [3.8, 4) is 0 Å². The summed E-state index contributed by atoms with van der Waals surface area (Å²) in [5.74, 6) is -1.05. The molecule has 0 aliphatic carbocycles. The van der Waals surface area contributed by atoms with E-state index in [-0.39, 0.29) is 16.8 Å². The minimum absolute atomic E-state index is 0.0428. The first kappa shape index (κ1) is 20.6. The Morgan fingerprint density at radius 3 is 2.66 bits per heavy atom. The van der Waals surface area contributed by atoms with Crippen molar-refractivity contribution in [3.63, 3.8) is 0 Å². The van der Waals surface area contributed by atoms with Crippen molar-refractivity contribution in [1.29, 1.82) is 0 Å². The van der Waals surface area contributed by atoms with Crippen LogP contribution in [0.2, 0.25) is 0 Å². The molecule has 2 aliphatic heterocycles. The molecule has 2 fully saturated rings. The van der Waals surface area contributed by atoms with Crippen LogP contribution in [-0.2, 0) is 9.53 Å². The summed E-state index contributed by atoms with van der Waals surface area (Å²) in [4.78, 5) is 24.9. The SMILES string of the molecule is Cc1c(N2CCCC2=O)nc2cc(F)cc(F)c2c1Nc1cncc(N2CCOCC2)c1. The maximum absolute atomic E-state index is 14.9. The number of benzene rings is 1. The third-order valence-corrected chi connectivity index (χ3v) is 5.92. The molecule has 2 aliphatic rings. The number of nitrogens with one attached hydrogen (secondary N) is 1. The van der Waals surface area contributed by atoms with E-state index in [0.29, 0.717) is 48.9 Å². The molecule has 166 valence electrons. The number of nitrogens with zero attached hydrogens (tertiary/aromatic N) is 4. The number of amides is 1. The average Bonchev–Trinajstić information content (AvgIpc) is 3.21. The fourth-order valence-electron chi connectivity index (χ4n) is 4.32. The molecule has 2 aromatic heterocycles. The molecule has 9 heteroatoms. The Kier molecular flexibility index (Phi) is 5.34. The number of fused-ring (bicyclic) bond motifs is 1. The van der Waals surface area contributed by atoms with Crippen molar-refractivity contribution in [2.45, 2.75) is 19.8 Å². The second kappa shape index (κ2) is 8.31. The number of hydrogen-bond acceptors (Lipinski definition) is 6. The predicted octanol–water partition coefficient (Wildman–Crippen LogP) is 3.92. The van der Waals surface area contributed by atoms with Crippen LogP contribution >= 0.6 is 0 Å². The van der Waals surface area contributed by atoms with Crippen molar-refractivity contribution >= 4 is 39.7 Å². The highest BCUT2D eigenvalue weighted by atomic mass is 19.1. The topological polar surface area (TPSA) is 70.6 Å². The number of anilines is 4. The third kappa shape index (κ3) is 3.73. The zero-order chi connectivity index (χ0) is 22.2. The van der Waals surface area contributed by atoms with E-state index in [0.717, 1.165) is 31.3 Å². The van der Waals surface area contributed by atoms with E-state index in [1.54, 1.807) is 24.2 Å². The molecule has 1 aromatic carbocycles. The van der Waals surface area contributed by atoms with E-state index in [1.807, 2.05) is 6.07 Å². The van der Waals surface area contributed by atoms with Crippen LogP contribution < -0.4 is 15.1 Å². The van der Waals surface area contributed by atoms with Gasteiger partial charge in [-0.05, 0) is 19.4 Å². The van der Waals surface area contributed by atoms with Crippen LogP contribution in [0.3, 0.4) is 0 Å². The lowest BCUT2D eigenvalue weighted by Crippen LogP contribution is -2.36. The minimum atomic E-state index is -0.716. The van der Waals surface area contributed by atoms with Crippen LogP contribution in [0.15, 0.2) is 30.6 Å². The summed E-state index contributed by atoms with van der Waals surface area (Å²) in [6, 6.07) is 3.97. The molecule has 1 amide bonds. The molecule has 0 atom stereocenters. The maximum Gasteiger partial charge on any atom is 0.228 e. The van der Waals surface area contributed by atoms with E-state index < -0.39 is 11.6 Å². The number of hydrogen-bond donors (Lipinski definition) is 1. The van der Waals surface area contributed by atoms with Crippen LogP contribution in [0, 0.1) is 18.6 Å². The largest absolute Gasteiger partial charge is 0.378 e. The molecule has 5 rings (SSSR count). The molecule has 0 saturated carbocycles. The van der Waals surface area contributed by atoms with E-state index in [9.17, 15) is 13.6 Å². The highest BCUT2D eigenvalue weighted by Gasteiger charge is 2.27. The second-order valence-corrected chi connectivity index (χ2v) is 8.02. The molecule has 32 heavy (non-hydrogen) atoms. The van der Waals surface area contributed by atoms with Gasteiger partial charge < -0.3 is 15.0 Å². The van der Waals surface area contributed by atoms with Gasteiger partial charge in [0.1, 0.15) is 17.5 Å². The zero-order valence-corrected chi connectivity index (χ0v) is 17.7. The fraction of sp³-hybridized carbons (Fsp3) is 0.348. The number of pyridine rings is 2. The maximum atomic E-state index is 14.9. The van der Waals surface area contributed by atoms with Crippen molar-refractivity contribution in [1.82, 2.24) is 9.97 Å². The molecule has 3 aromatic rings. The normalized spacial score (nSPS) is 16.8. The number of carbonyl (C=O) groups is 1. The molecule has 7 nitrogen and oxygen atoms in total. The van der Waals surface area contributed by atoms with E-state index in [2.05, 4.69) is 20.2 Å². The average molecular weight is 439 g/mol. The van der Waals surface area contributed by atoms with Gasteiger partial charge in [0.2, 0.25) is 5.91 Å². The molecule has 0 unspecified atom stereocenters. The molecule has 0 spiro atoms. The summed E-state index contributed by atoms with van der Waals surface area (Å²) >= 11 is 0. The first-order valence-corrected chi connectivity index (χ1v) is 10.7. The Balaban J connectivity index is 1.61. The smallest absolute Gasteiger partial charge is 0.228 e. The molecule has 1 N–H and O–H groups in total. The Hall–Kier alpha value is -3.33. The third-order valence-electron chi connectivity index (χ3n) is 5.92. The Bertz CT molecular complexity index is 1200. The number of halogens is 2. The highest BCUT2D eigenvalue weighted by Crippen LogP contribution is 2.38. The van der Waals surface area contributed by atoms with Crippen LogP contribution in [0.25, 0.3) is 10.9 Å². The number of morpholine rings is 1. The summed E-state index contributed by atoms with van der Waals surface area (Å²) < 4.78 is 34.3. The van der Waals surface area contributed by atoms with Gasteiger partial charge >= 0.3 is 0 Å². The molecule has 0 bridgehead atoms. The van der Waals surface area contributed by atoms with Crippen LogP contribution in [0.4, 0.5) is 31.7 Å². The van der Waals surface area contributed by atoms with Gasteiger partial charge in [0.15, 0.2) is 0 Å². The van der Waals surface area contributed by atoms with Gasteiger partial charge in [0, 0.05) is 43.8 Å². The lowest BCUT2D eigenvalue weighted by atomic mass is 10.1. The van der Waals surface area contributed by atoms with Crippen molar-refractivity contribution in [2.24, 2.45) is 0 Å². The summed E-state index contributed by atoms with van der Waals surface area (Å²) in [6.07, 6.45) is 4.59. The summed E-state index contributed by atoms with van der Waals surface area (Å²) in [5, 5.41) is 3.45. The number of aromatic nitrogens is 2. The van der Waals surface area contributed by atoms with E-state index >= 15 is 0 Å². The highest BCUT2D eigenvalue weighted by molar-refractivity contribution is 6.02. The number of ether oxygens (including phenoxy) is 1. The Labute approximate surface area is 184 Å². The van der Waals surface area contributed by atoms with Gasteiger partial charge in [0.25, 0.3) is 0 Å². The standard InChI is InChI=1S/C23H23F2N5O2/c1-14-22(27-16-11-17(13-26-12-16)29-5-7-32-8-6-29)21-18(25)9-15(24)10-19(21)28-23(14)30-4-2-3-20(30)31/h9-13H,2-8H2,1H3,(H,27,28). The first-order valence-electron chi connectivity index (χ1n) is 10.7. The summed E-state index contributed by atoms with van der Waals surface area (Å²) in [5.41, 5.74) is 2.81. The van der Waals surface area contributed by atoms with Gasteiger partial charge in [-0.3, -0.25) is 14.7 Å². The monoisotopic (exact) mass is 439 g/mol. The van der Waals surface area contributed by atoms with Crippen molar-refractivity contribution < 1.29 is 18.3 Å². The quantitative estimate of drug-likeness (QED) is 0.665. The van der Waals surface area contributed by atoms with E-state index in [1.165, 1.54) is 6.07 Å². The summed E-state index contributed by atoms with van der Waals surface area (Å²) in [7, 11) is 0. The second-order valence-electron chi connectivity index (χ2n) is 8.02. The molecule has 0 radical (unpaired) electrons.